The third-order valence-corrected chi connectivity index (χ3v) is 4.72. The van der Waals surface area contributed by atoms with E-state index < -0.39 is 5.97 Å². The molecule has 0 bridgehead atoms. The minimum Gasteiger partial charge on any atom is -0.404 e. The lowest BCUT2D eigenvalue weighted by Crippen LogP contribution is -2.13. The minimum atomic E-state index is -0.448. The highest BCUT2D eigenvalue weighted by Crippen LogP contribution is 2.28. The molecule has 0 fully saturated rings. The third-order valence-electron chi connectivity index (χ3n) is 4.72. The van der Waals surface area contributed by atoms with Gasteiger partial charge in [0.15, 0.2) is 0 Å². The Bertz CT molecular complexity index is 968. The van der Waals surface area contributed by atoms with Crippen molar-refractivity contribution in [3.63, 3.8) is 0 Å². The molecule has 0 atom stereocenters. The number of hydrogen-bond acceptors (Lipinski definition) is 3. The van der Waals surface area contributed by atoms with Crippen LogP contribution in [0.15, 0.2) is 54.6 Å². The number of carbonyl (C=O) groups excluding carboxylic acids is 1. The molecular weight excluding hydrogens is 367 g/mol. The molecular formula is C24H27FN2O2. The van der Waals surface area contributed by atoms with Crippen molar-refractivity contribution in [2.75, 3.05) is 0 Å². The Morgan fingerprint density at radius 2 is 1.72 bits per heavy atom. The standard InChI is InChI=1S/C24H27FN2O2/c1-5-6-7-17-8-10-18(11-9-17)23(28)29-22-16-21(24(2,3)4)26-27(22)20-14-12-19(25)13-15-20/h8-16H,5-7H2,1-4H3. The molecule has 0 spiro atoms. The first-order valence-electron chi connectivity index (χ1n) is 9.95. The quantitative estimate of drug-likeness (QED) is 0.491. The number of ether oxygens (including phenoxy) is 1. The molecule has 5 heteroatoms. The highest BCUT2D eigenvalue weighted by Gasteiger charge is 2.23. The third kappa shape index (κ3) is 5.11. The number of carbonyl (C=O) groups is 1. The Morgan fingerprint density at radius 1 is 1.07 bits per heavy atom. The maximum atomic E-state index is 13.3. The number of aryl methyl sites for hydroxylation is 1. The van der Waals surface area contributed by atoms with Crippen LogP contribution in [0.3, 0.4) is 0 Å². The lowest BCUT2D eigenvalue weighted by atomic mass is 9.93. The first-order valence-corrected chi connectivity index (χ1v) is 9.95. The van der Waals surface area contributed by atoms with Gasteiger partial charge in [0.25, 0.3) is 0 Å². The van der Waals surface area contributed by atoms with Crippen molar-refractivity contribution >= 4 is 5.97 Å². The summed E-state index contributed by atoms with van der Waals surface area (Å²) in [4.78, 5) is 12.7. The van der Waals surface area contributed by atoms with Crippen molar-refractivity contribution in [3.8, 4) is 11.6 Å². The van der Waals surface area contributed by atoms with Crippen molar-refractivity contribution in [1.82, 2.24) is 9.78 Å². The van der Waals surface area contributed by atoms with Crippen LogP contribution >= 0.6 is 0 Å². The van der Waals surface area contributed by atoms with Crippen molar-refractivity contribution in [2.24, 2.45) is 0 Å². The molecule has 0 N–H and O–H groups in total. The molecule has 0 aliphatic heterocycles. The summed E-state index contributed by atoms with van der Waals surface area (Å²) in [7, 11) is 0. The predicted octanol–water partition coefficient (Wildman–Crippen LogP) is 5.87. The fraction of sp³-hybridized carbons (Fsp3) is 0.333. The topological polar surface area (TPSA) is 44.1 Å². The van der Waals surface area contributed by atoms with Crippen molar-refractivity contribution < 1.29 is 13.9 Å². The molecule has 3 aromatic rings. The van der Waals surface area contributed by atoms with Gasteiger partial charge in [-0.1, -0.05) is 46.2 Å². The molecule has 0 amide bonds. The largest absolute Gasteiger partial charge is 0.404 e. The van der Waals surface area contributed by atoms with E-state index in [0.29, 0.717) is 17.1 Å². The van der Waals surface area contributed by atoms with E-state index in [-0.39, 0.29) is 11.2 Å². The van der Waals surface area contributed by atoms with Crippen molar-refractivity contribution in [2.45, 2.75) is 52.4 Å². The van der Waals surface area contributed by atoms with E-state index in [1.807, 2.05) is 32.9 Å². The second kappa shape index (κ2) is 8.60. The molecule has 2 aromatic carbocycles. The van der Waals surface area contributed by atoms with Gasteiger partial charge < -0.3 is 4.74 Å². The van der Waals surface area contributed by atoms with Gasteiger partial charge in [0.1, 0.15) is 5.82 Å². The first kappa shape index (κ1) is 20.8. The molecule has 4 nitrogen and oxygen atoms in total. The molecule has 0 unspecified atom stereocenters. The second-order valence-corrected chi connectivity index (χ2v) is 8.20. The average molecular weight is 394 g/mol. The smallest absolute Gasteiger partial charge is 0.344 e. The van der Waals surface area contributed by atoms with Crippen molar-refractivity contribution in [3.05, 3.63) is 77.2 Å². The van der Waals surface area contributed by atoms with Crippen LogP contribution in [0.2, 0.25) is 0 Å². The predicted molar refractivity (Wildman–Crippen MR) is 112 cm³/mol. The summed E-state index contributed by atoms with van der Waals surface area (Å²) in [5, 5.41) is 4.59. The number of rotatable bonds is 6. The number of benzene rings is 2. The number of halogens is 1. The van der Waals surface area contributed by atoms with Crippen LogP contribution in [-0.2, 0) is 11.8 Å². The number of hydrogen-bond donors (Lipinski definition) is 0. The van der Waals surface area contributed by atoms with E-state index in [0.717, 1.165) is 25.0 Å². The van der Waals surface area contributed by atoms with Gasteiger partial charge in [-0.15, -0.1) is 0 Å². The number of unbranched alkanes of at least 4 members (excludes halogenated alkanes) is 1. The Hall–Kier alpha value is -2.95. The minimum absolute atomic E-state index is 0.229. The molecule has 0 radical (unpaired) electrons. The molecule has 0 aliphatic rings. The van der Waals surface area contributed by atoms with Crippen LogP contribution in [0.4, 0.5) is 4.39 Å². The Balaban J connectivity index is 1.88. The van der Waals surface area contributed by atoms with Gasteiger partial charge in [0.05, 0.1) is 16.9 Å². The van der Waals surface area contributed by atoms with E-state index in [1.54, 1.807) is 30.3 Å². The number of esters is 1. The molecule has 0 saturated carbocycles. The lowest BCUT2D eigenvalue weighted by Gasteiger charge is -2.13. The molecule has 3 rings (SSSR count). The van der Waals surface area contributed by atoms with Crippen molar-refractivity contribution in [1.29, 1.82) is 0 Å². The van der Waals surface area contributed by atoms with Crippen LogP contribution in [0, 0.1) is 5.82 Å². The van der Waals surface area contributed by atoms with E-state index in [2.05, 4.69) is 12.0 Å². The van der Waals surface area contributed by atoms with Crippen LogP contribution in [0.1, 0.15) is 62.2 Å². The van der Waals surface area contributed by atoms with Gasteiger partial charge in [-0.25, -0.2) is 13.9 Å². The fourth-order valence-corrected chi connectivity index (χ4v) is 2.91. The summed E-state index contributed by atoms with van der Waals surface area (Å²) in [6.45, 7) is 8.25. The summed E-state index contributed by atoms with van der Waals surface area (Å²) in [5.74, 6) is -0.476. The van der Waals surface area contributed by atoms with E-state index in [1.165, 1.54) is 22.4 Å². The number of nitrogens with zero attached hydrogens (tertiary/aromatic N) is 2. The van der Waals surface area contributed by atoms with E-state index >= 15 is 0 Å². The van der Waals surface area contributed by atoms with Crippen LogP contribution in [0.25, 0.3) is 5.69 Å². The van der Waals surface area contributed by atoms with Gasteiger partial charge in [-0.05, 0) is 54.8 Å². The Labute approximate surface area is 171 Å². The zero-order valence-electron chi connectivity index (χ0n) is 17.4. The normalized spacial score (nSPS) is 11.5. The van der Waals surface area contributed by atoms with Gasteiger partial charge in [-0.3, -0.25) is 0 Å². The molecule has 152 valence electrons. The van der Waals surface area contributed by atoms with Crippen LogP contribution in [-0.4, -0.2) is 15.7 Å². The van der Waals surface area contributed by atoms with Crippen LogP contribution < -0.4 is 4.74 Å². The lowest BCUT2D eigenvalue weighted by molar-refractivity contribution is 0.0723. The maximum absolute atomic E-state index is 13.3. The van der Waals surface area contributed by atoms with E-state index in [4.69, 9.17) is 4.74 Å². The van der Waals surface area contributed by atoms with Gasteiger partial charge >= 0.3 is 5.97 Å². The summed E-state index contributed by atoms with van der Waals surface area (Å²) < 4.78 is 20.5. The highest BCUT2D eigenvalue weighted by molar-refractivity contribution is 5.91. The molecule has 0 aliphatic carbocycles. The molecule has 1 aromatic heterocycles. The summed E-state index contributed by atoms with van der Waals surface area (Å²) in [6, 6.07) is 15.2. The highest BCUT2D eigenvalue weighted by atomic mass is 19.1. The summed E-state index contributed by atoms with van der Waals surface area (Å²) in [6.07, 6.45) is 3.25. The SMILES string of the molecule is CCCCc1ccc(C(=O)Oc2cc(C(C)(C)C)nn2-c2ccc(F)cc2)cc1. The van der Waals surface area contributed by atoms with Gasteiger partial charge in [0, 0.05) is 11.5 Å². The van der Waals surface area contributed by atoms with Gasteiger partial charge in [-0.2, -0.15) is 5.10 Å². The Morgan fingerprint density at radius 3 is 2.31 bits per heavy atom. The molecule has 1 heterocycles. The molecule has 0 saturated heterocycles. The number of aromatic nitrogens is 2. The maximum Gasteiger partial charge on any atom is 0.344 e. The Kier molecular flexibility index (Phi) is 6.16. The summed E-state index contributed by atoms with van der Waals surface area (Å²) in [5.41, 5.74) is 2.86. The van der Waals surface area contributed by atoms with Crippen LogP contribution in [0.5, 0.6) is 5.88 Å². The first-order chi connectivity index (χ1) is 13.8. The summed E-state index contributed by atoms with van der Waals surface area (Å²) >= 11 is 0. The molecule has 29 heavy (non-hydrogen) atoms. The average Bonchev–Trinajstić information content (AvgIpc) is 3.11. The zero-order chi connectivity index (χ0) is 21.0. The van der Waals surface area contributed by atoms with Gasteiger partial charge in [0.2, 0.25) is 5.88 Å². The zero-order valence-corrected chi connectivity index (χ0v) is 17.4. The fourth-order valence-electron chi connectivity index (χ4n) is 2.91. The van der Waals surface area contributed by atoms with E-state index in [9.17, 15) is 9.18 Å². The second-order valence-electron chi connectivity index (χ2n) is 8.20. The monoisotopic (exact) mass is 394 g/mol.